The van der Waals surface area contributed by atoms with Crippen LogP contribution in [0, 0.1) is 0 Å². The van der Waals surface area contributed by atoms with Gasteiger partial charge in [0.15, 0.2) is 0 Å². The SMILES string of the molecule is NC(=O)c1cc(Cl)c(Br)c(Br)c1. The molecular weight excluding hydrogens is 309 g/mol. The molecule has 12 heavy (non-hydrogen) atoms. The van der Waals surface area contributed by atoms with Gasteiger partial charge >= 0.3 is 0 Å². The first-order valence-electron chi connectivity index (χ1n) is 2.96. The molecule has 1 amide bonds. The largest absolute Gasteiger partial charge is 0.366 e. The molecule has 2 N–H and O–H groups in total. The Hall–Kier alpha value is -0.0600. The van der Waals surface area contributed by atoms with E-state index in [0.29, 0.717) is 19.5 Å². The van der Waals surface area contributed by atoms with E-state index >= 15 is 0 Å². The monoisotopic (exact) mass is 311 g/mol. The highest BCUT2D eigenvalue weighted by atomic mass is 79.9. The second kappa shape index (κ2) is 3.77. The smallest absolute Gasteiger partial charge is 0.248 e. The molecule has 0 radical (unpaired) electrons. The van der Waals surface area contributed by atoms with Crippen LogP contribution in [0.25, 0.3) is 0 Å². The number of amides is 1. The van der Waals surface area contributed by atoms with Crippen LogP contribution in [-0.2, 0) is 0 Å². The third-order valence-electron chi connectivity index (χ3n) is 1.27. The molecule has 0 heterocycles. The summed E-state index contributed by atoms with van der Waals surface area (Å²) in [4.78, 5) is 10.7. The van der Waals surface area contributed by atoms with E-state index in [1.807, 2.05) is 0 Å². The van der Waals surface area contributed by atoms with Gasteiger partial charge in [-0.25, -0.2) is 0 Å². The predicted molar refractivity (Wildman–Crippen MR) is 55.4 cm³/mol. The number of halogens is 3. The van der Waals surface area contributed by atoms with Crippen molar-refractivity contribution in [2.75, 3.05) is 0 Å². The fraction of sp³-hybridized carbons (Fsp3) is 0. The summed E-state index contributed by atoms with van der Waals surface area (Å²) in [5, 5.41) is 0.457. The van der Waals surface area contributed by atoms with Crippen LogP contribution in [-0.4, -0.2) is 5.91 Å². The Labute approximate surface area is 91.3 Å². The quantitative estimate of drug-likeness (QED) is 0.796. The molecule has 64 valence electrons. The number of nitrogens with two attached hydrogens (primary N) is 1. The Balaban J connectivity index is 3.31. The number of benzene rings is 1. The molecule has 1 rings (SSSR count). The molecule has 0 atom stereocenters. The molecule has 0 aromatic heterocycles. The maximum atomic E-state index is 10.7. The summed E-state index contributed by atoms with van der Waals surface area (Å²) >= 11 is 12.2. The van der Waals surface area contributed by atoms with Gasteiger partial charge in [0.05, 0.1) is 9.50 Å². The van der Waals surface area contributed by atoms with Crippen molar-refractivity contribution in [3.05, 3.63) is 31.7 Å². The number of hydrogen-bond acceptors (Lipinski definition) is 1. The van der Waals surface area contributed by atoms with Crippen molar-refractivity contribution in [1.29, 1.82) is 0 Å². The highest BCUT2D eigenvalue weighted by molar-refractivity contribution is 9.13. The third-order valence-corrected chi connectivity index (χ3v) is 3.81. The summed E-state index contributed by atoms with van der Waals surface area (Å²) in [7, 11) is 0. The maximum Gasteiger partial charge on any atom is 0.248 e. The molecule has 0 aliphatic carbocycles. The lowest BCUT2D eigenvalue weighted by molar-refractivity contribution is 0.1000. The van der Waals surface area contributed by atoms with Gasteiger partial charge in [-0.3, -0.25) is 4.79 Å². The highest BCUT2D eigenvalue weighted by Gasteiger charge is 2.07. The van der Waals surface area contributed by atoms with Crippen LogP contribution in [0.15, 0.2) is 21.1 Å². The summed E-state index contributed by atoms with van der Waals surface area (Å²) in [5.41, 5.74) is 5.45. The predicted octanol–water partition coefficient (Wildman–Crippen LogP) is 2.96. The van der Waals surface area contributed by atoms with Gasteiger partial charge in [0.25, 0.3) is 0 Å². The van der Waals surface area contributed by atoms with Crippen LogP contribution in [0.2, 0.25) is 5.02 Å². The molecule has 0 bridgehead atoms. The molecule has 0 unspecified atom stereocenters. The zero-order valence-electron chi connectivity index (χ0n) is 5.77. The molecule has 5 heteroatoms. The van der Waals surface area contributed by atoms with Gasteiger partial charge < -0.3 is 5.73 Å². The van der Waals surface area contributed by atoms with Gasteiger partial charge in [-0.15, -0.1) is 0 Å². The van der Waals surface area contributed by atoms with Crippen LogP contribution in [0.1, 0.15) is 10.4 Å². The first-order valence-corrected chi connectivity index (χ1v) is 4.93. The first-order chi connectivity index (χ1) is 5.52. The highest BCUT2D eigenvalue weighted by Crippen LogP contribution is 2.31. The molecule has 0 aliphatic heterocycles. The lowest BCUT2D eigenvalue weighted by Crippen LogP contribution is -2.10. The average Bonchev–Trinajstić information content (AvgIpc) is 1.99. The van der Waals surface area contributed by atoms with Crippen LogP contribution < -0.4 is 5.73 Å². The van der Waals surface area contributed by atoms with Gasteiger partial charge in [0.1, 0.15) is 0 Å². The topological polar surface area (TPSA) is 43.1 Å². The second-order valence-electron chi connectivity index (χ2n) is 2.12. The third kappa shape index (κ3) is 2.00. The van der Waals surface area contributed by atoms with E-state index in [9.17, 15) is 4.79 Å². The Bertz CT molecular complexity index is 317. The van der Waals surface area contributed by atoms with Crippen LogP contribution in [0.4, 0.5) is 0 Å². The van der Waals surface area contributed by atoms with E-state index < -0.39 is 5.91 Å². The zero-order valence-corrected chi connectivity index (χ0v) is 9.70. The summed E-state index contributed by atoms with van der Waals surface area (Å²) in [6.45, 7) is 0. The minimum absolute atomic E-state index is 0.384. The normalized spacial score (nSPS) is 9.92. The molecule has 1 aromatic carbocycles. The fourth-order valence-corrected chi connectivity index (χ4v) is 1.72. The van der Waals surface area contributed by atoms with Gasteiger partial charge in [-0.1, -0.05) is 11.6 Å². The molecular formula is C7H4Br2ClNO. The maximum absolute atomic E-state index is 10.7. The van der Waals surface area contributed by atoms with Crippen molar-refractivity contribution >= 4 is 49.4 Å². The second-order valence-corrected chi connectivity index (χ2v) is 4.17. The first kappa shape index (κ1) is 10.0. The van der Waals surface area contributed by atoms with E-state index in [4.69, 9.17) is 17.3 Å². The Morgan fingerprint density at radius 2 is 2.00 bits per heavy atom. The van der Waals surface area contributed by atoms with Gasteiger partial charge in [0.2, 0.25) is 5.91 Å². The number of carbonyl (C=O) groups is 1. The van der Waals surface area contributed by atoms with Gasteiger partial charge in [-0.05, 0) is 44.0 Å². The molecule has 0 saturated heterocycles. The summed E-state index contributed by atoms with van der Waals surface area (Å²) in [5.74, 6) is -0.495. The van der Waals surface area contributed by atoms with E-state index in [1.54, 1.807) is 6.07 Å². The van der Waals surface area contributed by atoms with Crippen molar-refractivity contribution in [3.63, 3.8) is 0 Å². The number of primary amides is 1. The Kier molecular flexibility index (Phi) is 3.15. The van der Waals surface area contributed by atoms with E-state index in [0.717, 1.165) is 0 Å². The van der Waals surface area contributed by atoms with Crippen LogP contribution in [0.3, 0.4) is 0 Å². The molecule has 0 spiro atoms. The van der Waals surface area contributed by atoms with E-state index in [2.05, 4.69) is 31.9 Å². The van der Waals surface area contributed by atoms with Crippen molar-refractivity contribution in [2.24, 2.45) is 5.73 Å². The number of carbonyl (C=O) groups excluding carboxylic acids is 1. The van der Waals surface area contributed by atoms with Crippen molar-refractivity contribution in [2.45, 2.75) is 0 Å². The van der Waals surface area contributed by atoms with Crippen molar-refractivity contribution < 1.29 is 4.79 Å². The average molecular weight is 313 g/mol. The minimum atomic E-state index is -0.495. The summed E-state index contributed by atoms with van der Waals surface area (Å²) in [6, 6.07) is 3.12. The van der Waals surface area contributed by atoms with Gasteiger partial charge in [0, 0.05) is 10.0 Å². The molecule has 0 fully saturated rings. The molecule has 2 nitrogen and oxygen atoms in total. The number of rotatable bonds is 1. The Morgan fingerprint density at radius 3 is 2.42 bits per heavy atom. The lowest BCUT2D eigenvalue weighted by Gasteiger charge is -2.01. The summed E-state index contributed by atoms with van der Waals surface area (Å²) in [6.07, 6.45) is 0. The number of hydrogen-bond donors (Lipinski definition) is 1. The van der Waals surface area contributed by atoms with Gasteiger partial charge in [-0.2, -0.15) is 0 Å². The minimum Gasteiger partial charge on any atom is -0.366 e. The molecule has 1 aromatic rings. The van der Waals surface area contributed by atoms with E-state index in [-0.39, 0.29) is 0 Å². The zero-order chi connectivity index (χ0) is 9.30. The molecule has 0 saturated carbocycles. The summed E-state index contributed by atoms with van der Waals surface area (Å²) < 4.78 is 1.43. The fourth-order valence-electron chi connectivity index (χ4n) is 0.698. The standard InChI is InChI=1S/C7H4Br2ClNO/c8-4-1-3(7(11)12)2-5(10)6(4)9/h1-2H,(H2,11,12). The molecule has 0 aliphatic rings. The van der Waals surface area contributed by atoms with E-state index in [1.165, 1.54) is 6.07 Å². The Morgan fingerprint density at radius 1 is 1.42 bits per heavy atom. The van der Waals surface area contributed by atoms with Crippen molar-refractivity contribution in [3.8, 4) is 0 Å². The lowest BCUT2D eigenvalue weighted by atomic mass is 10.2. The van der Waals surface area contributed by atoms with Crippen LogP contribution in [0.5, 0.6) is 0 Å². The van der Waals surface area contributed by atoms with Crippen LogP contribution >= 0.6 is 43.5 Å². The van der Waals surface area contributed by atoms with Crippen molar-refractivity contribution in [1.82, 2.24) is 0 Å².